The second-order valence-corrected chi connectivity index (χ2v) is 19.8. The molecule has 0 N–H and O–H groups in total. The Bertz CT molecular complexity index is 1410. The topological polar surface area (TPSA) is 9.23 Å². The van der Waals surface area contributed by atoms with Gasteiger partial charge in [-0.3, -0.25) is 0 Å². The normalized spacial score (nSPS) is 11.9. The second kappa shape index (κ2) is 18.3. The molecule has 1 unspecified atom stereocenters. The van der Waals surface area contributed by atoms with Gasteiger partial charge in [-0.1, -0.05) is 146 Å². The maximum atomic E-state index is 6.15. The fourth-order valence-corrected chi connectivity index (χ4v) is 13.6. The summed E-state index contributed by atoms with van der Waals surface area (Å²) in [6, 6.07) is 54.4. The molecule has 230 valence electrons. The smallest absolute Gasteiger partial charge is 1.00 e. The Balaban J connectivity index is 0.00000264. The minimum absolute atomic E-state index is 0. The van der Waals surface area contributed by atoms with Crippen molar-refractivity contribution < 1.29 is 36.3 Å². The minimum atomic E-state index is -1.84. The van der Waals surface area contributed by atoms with Crippen molar-refractivity contribution >= 4 is 50.6 Å². The molecule has 0 aliphatic heterocycles. The van der Waals surface area contributed by atoms with Crippen LogP contribution in [0, 0.1) is 0 Å². The average Bonchev–Trinajstić information content (AvgIpc) is 3.04. The molecule has 44 heavy (non-hydrogen) atoms. The van der Waals surface area contributed by atoms with E-state index in [0.29, 0.717) is 5.66 Å². The molecule has 0 bridgehead atoms. The van der Waals surface area contributed by atoms with Gasteiger partial charge >= 0.3 is 19.5 Å². The predicted molar refractivity (Wildman–Crippen MR) is 190 cm³/mol. The molecule has 0 saturated heterocycles. The number of hydrogen-bond donors (Lipinski definition) is 0. The van der Waals surface area contributed by atoms with E-state index in [9.17, 15) is 0 Å². The first-order chi connectivity index (χ1) is 20.5. The molecule has 5 aromatic rings. The summed E-state index contributed by atoms with van der Waals surface area (Å²) in [7, 11) is -2.90. The van der Waals surface area contributed by atoms with Crippen molar-refractivity contribution in [3.05, 3.63) is 151 Å². The quantitative estimate of drug-likeness (QED) is 0.126. The van der Waals surface area contributed by atoms with Gasteiger partial charge < -0.3 is 16.8 Å². The molecule has 0 aromatic heterocycles. The minimum Gasteiger partial charge on any atom is -1.00 e. The first-order valence-corrected chi connectivity index (χ1v) is 20.9. The summed E-state index contributed by atoms with van der Waals surface area (Å²) < 4.78 is 6.15. The zero-order valence-corrected chi connectivity index (χ0v) is 31.0. The summed E-state index contributed by atoms with van der Waals surface area (Å²) >= 11 is 0. The molecule has 0 aliphatic rings. The van der Waals surface area contributed by atoms with Gasteiger partial charge in [-0.05, 0) is 92.5 Å². The van der Waals surface area contributed by atoms with Gasteiger partial charge in [-0.2, -0.15) is 0 Å². The zero-order valence-electron chi connectivity index (χ0n) is 25.8. The van der Waals surface area contributed by atoms with Gasteiger partial charge in [0, 0.05) is 6.61 Å². The second-order valence-electron chi connectivity index (χ2n) is 11.2. The zero-order chi connectivity index (χ0) is 29.2. The summed E-state index contributed by atoms with van der Waals surface area (Å²) in [5.74, 6) is 0. The van der Waals surface area contributed by atoms with Crippen LogP contribution in [0.1, 0.15) is 18.9 Å². The van der Waals surface area contributed by atoms with E-state index in [2.05, 4.69) is 166 Å². The van der Waals surface area contributed by atoms with Crippen molar-refractivity contribution in [1.82, 2.24) is 0 Å². The number of aryl methyl sites for hydroxylation is 1. The molecule has 5 aromatic carbocycles. The van der Waals surface area contributed by atoms with Crippen LogP contribution < -0.4 is 38.8 Å². The van der Waals surface area contributed by atoms with Crippen LogP contribution in [0.15, 0.2) is 146 Å². The van der Waals surface area contributed by atoms with E-state index in [0.717, 1.165) is 19.4 Å². The Hall–Kier alpha value is -1.95. The number of halogens is 1. The molecule has 0 saturated carbocycles. The van der Waals surface area contributed by atoms with E-state index in [-0.39, 0.29) is 31.9 Å². The van der Waals surface area contributed by atoms with Crippen LogP contribution in [0.2, 0.25) is 13.1 Å². The summed E-state index contributed by atoms with van der Waals surface area (Å²) in [5.41, 5.74) is 1.95. The van der Waals surface area contributed by atoms with Crippen molar-refractivity contribution in [2.24, 2.45) is 0 Å². The maximum Gasteiger partial charge on any atom is 1.00 e. The van der Waals surface area contributed by atoms with Crippen molar-refractivity contribution in [1.29, 1.82) is 0 Å². The van der Waals surface area contributed by atoms with Crippen LogP contribution in [-0.4, -0.2) is 26.7 Å². The number of benzene rings is 5. The number of rotatable bonds is 13. The van der Waals surface area contributed by atoms with Gasteiger partial charge in [0.2, 0.25) is 8.32 Å². The Morgan fingerprint density at radius 1 is 0.591 bits per heavy atom. The van der Waals surface area contributed by atoms with Crippen LogP contribution in [0.5, 0.6) is 0 Å². The SMILES string of the molecule is CCO[Si](C)(C)c1ccc(CCC(CP(c2ccccc2)c2ccccc2)P(c2ccccc2)c2ccccc2)cc1.[Cl-].[Rh+]. The van der Waals surface area contributed by atoms with Gasteiger partial charge in [0.15, 0.2) is 0 Å². The van der Waals surface area contributed by atoms with E-state index < -0.39 is 24.2 Å². The Morgan fingerprint density at radius 2 is 1.00 bits per heavy atom. The molecule has 0 amide bonds. The van der Waals surface area contributed by atoms with Crippen LogP contribution in [0.3, 0.4) is 0 Å². The molecule has 0 fully saturated rings. The first-order valence-electron chi connectivity index (χ1n) is 15.1. The van der Waals surface area contributed by atoms with E-state index in [1.54, 1.807) is 0 Å². The van der Waals surface area contributed by atoms with Crippen molar-refractivity contribution in [2.75, 3.05) is 12.8 Å². The average molecular weight is 743 g/mol. The van der Waals surface area contributed by atoms with Gasteiger partial charge in [-0.15, -0.1) is 0 Å². The third kappa shape index (κ3) is 9.77. The van der Waals surface area contributed by atoms with Crippen LogP contribution in [0.4, 0.5) is 0 Å². The standard InChI is InChI=1S/C38H42OP2Si.ClH.Rh/c1-4-39-42(2,3)38-29-26-32(27-30-38)25-28-37(41(35-21-13-7-14-22-35)36-23-15-8-16-24-36)31-40(33-17-9-5-10-18-33)34-19-11-6-12-20-34;;/h5-24,26-27,29-30,37H,4,25,28,31H2,1-3H3;1H;/q;;+1/p-1. The fourth-order valence-electron chi connectivity index (χ4n) is 5.69. The third-order valence-electron chi connectivity index (χ3n) is 7.88. The largest absolute Gasteiger partial charge is 1.00 e. The molecule has 1 nitrogen and oxygen atoms in total. The third-order valence-corrected chi connectivity index (χ3v) is 16.4. The number of hydrogen-bond acceptors (Lipinski definition) is 1. The maximum absolute atomic E-state index is 6.15. The first kappa shape index (κ1) is 36.5. The monoisotopic (exact) mass is 742 g/mol. The molecule has 6 heteroatoms. The fraction of sp³-hybridized carbons (Fsp3) is 0.211. The van der Waals surface area contributed by atoms with Gasteiger partial charge in [0.25, 0.3) is 0 Å². The van der Waals surface area contributed by atoms with Crippen LogP contribution in [0.25, 0.3) is 0 Å². The van der Waals surface area contributed by atoms with Gasteiger partial charge in [0.1, 0.15) is 0 Å². The molecular weight excluding hydrogens is 701 g/mol. The molecule has 5 rings (SSSR count). The summed E-state index contributed by atoms with van der Waals surface area (Å²) in [4.78, 5) is 0. The molecule has 0 radical (unpaired) electrons. The van der Waals surface area contributed by atoms with Gasteiger partial charge in [0.05, 0.1) is 0 Å². The Morgan fingerprint density at radius 3 is 1.41 bits per heavy atom. The summed E-state index contributed by atoms with van der Waals surface area (Å²) in [5, 5.41) is 7.25. The van der Waals surface area contributed by atoms with Crippen LogP contribution >= 0.6 is 15.8 Å². The molecule has 0 spiro atoms. The summed E-state index contributed by atoms with van der Waals surface area (Å²) in [6.45, 7) is 7.46. The van der Waals surface area contributed by atoms with E-state index >= 15 is 0 Å². The Kier molecular flexibility index (Phi) is 15.2. The molecule has 1 atom stereocenters. The summed E-state index contributed by atoms with van der Waals surface area (Å²) in [6.07, 6.45) is 3.40. The van der Waals surface area contributed by atoms with Gasteiger partial charge in [-0.25, -0.2) is 0 Å². The van der Waals surface area contributed by atoms with Crippen molar-refractivity contribution in [3.8, 4) is 0 Å². The molecule has 0 heterocycles. The molecular formula is C38H42ClOP2RhSi. The molecule has 0 aliphatic carbocycles. The van der Waals surface area contributed by atoms with Crippen molar-refractivity contribution in [2.45, 2.75) is 38.5 Å². The predicted octanol–water partition coefficient (Wildman–Crippen LogP) is 4.70. The van der Waals surface area contributed by atoms with Crippen molar-refractivity contribution in [3.63, 3.8) is 0 Å². The van der Waals surface area contributed by atoms with E-state index in [4.69, 9.17) is 4.43 Å². The van der Waals surface area contributed by atoms with E-state index in [1.165, 1.54) is 38.1 Å². The van der Waals surface area contributed by atoms with Crippen LogP contribution in [-0.2, 0) is 30.3 Å². The van der Waals surface area contributed by atoms with E-state index in [1.807, 2.05) is 0 Å². The Labute approximate surface area is 287 Å².